The minimum absolute atomic E-state index is 0.0366. The summed E-state index contributed by atoms with van der Waals surface area (Å²) in [5, 5.41) is 0. The summed E-state index contributed by atoms with van der Waals surface area (Å²) in [6.07, 6.45) is 3.50. The predicted molar refractivity (Wildman–Crippen MR) is 91.9 cm³/mol. The highest BCUT2D eigenvalue weighted by Gasteiger charge is 2.22. The molecule has 122 valence electrons. The molecule has 1 fully saturated rings. The Balaban J connectivity index is 1.70. The summed E-state index contributed by atoms with van der Waals surface area (Å²) in [7, 11) is 0. The van der Waals surface area contributed by atoms with Crippen LogP contribution in [0.3, 0.4) is 0 Å². The second-order valence-corrected chi connectivity index (χ2v) is 6.98. The monoisotopic (exact) mass is 312 g/mol. The topological polar surface area (TPSA) is 58.0 Å². The molecule has 3 rings (SSSR count). The van der Waals surface area contributed by atoms with E-state index in [1.54, 1.807) is 6.33 Å². The third-order valence-corrected chi connectivity index (χ3v) is 4.09. The van der Waals surface area contributed by atoms with Gasteiger partial charge in [0.25, 0.3) is 0 Å². The van der Waals surface area contributed by atoms with E-state index in [1.165, 1.54) is 0 Å². The van der Waals surface area contributed by atoms with Crippen LogP contribution in [0, 0.1) is 6.92 Å². The molecule has 0 saturated carbocycles. The Bertz CT molecular complexity index is 671. The first kappa shape index (κ1) is 15.6. The average Bonchev–Trinajstić information content (AvgIpc) is 2.54. The number of aromatic nitrogens is 4. The van der Waals surface area contributed by atoms with E-state index < -0.39 is 0 Å². The van der Waals surface area contributed by atoms with Gasteiger partial charge in [-0.3, -0.25) is 0 Å². The van der Waals surface area contributed by atoms with Gasteiger partial charge in [0.2, 0.25) is 5.95 Å². The number of hydrogen-bond acceptors (Lipinski definition) is 6. The number of rotatable bonds is 2. The first-order valence-corrected chi connectivity index (χ1v) is 8.05. The van der Waals surface area contributed by atoms with Crippen molar-refractivity contribution in [3.8, 4) is 0 Å². The van der Waals surface area contributed by atoms with Crippen molar-refractivity contribution in [3.63, 3.8) is 0 Å². The Morgan fingerprint density at radius 3 is 2.30 bits per heavy atom. The fourth-order valence-corrected chi connectivity index (χ4v) is 2.65. The molecule has 23 heavy (non-hydrogen) atoms. The van der Waals surface area contributed by atoms with Crippen molar-refractivity contribution in [1.82, 2.24) is 19.9 Å². The van der Waals surface area contributed by atoms with Gasteiger partial charge < -0.3 is 9.80 Å². The third kappa shape index (κ3) is 3.57. The normalized spacial score (nSPS) is 15.8. The van der Waals surface area contributed by atoms with Gasteiger partial charge in [-0.15, -0.1) is 0 Å². The Hall–Kier alpha value is -2.24. The summed E-state index contributed by atoms with van der Waals surface area (Å²) in [6.45, 7) is 12.1. The molecule has 0 aromatic carbocycles. The van der Waals surface area contributed by atoms with Crippen molar-refractivity contribution in [2.24, 2.45) is 0 Å². The van der Waals surface area contributed by atoms with Crippen LogP contribution in [0.2, 0.25) is 0 Å². The maximum atomic E-state index is 4.51. The molecule has 0 bridgehead atoms. The molecule has 6 nitrogen and oxygen atoms in total. The lowest BCUT2D eigenvalue weighted by molar-refractivity contribution is 0.564. The third-order valence-electron chi connectivity index (χ3n) is 4.09. The van der Waals surface area contributed by atoms with Crippen LogP contribution in [0.15, 0.2) is 24.7 Å². The highest BCUT2D eigenvalue weighted by Crippen LogP contribution is 2.23. The first-order chi connectivity index (χ1) is 10.9. The molecule has 1 saturated heterocycles. The van der Waals surface area contributed by atoms with Crippen LogP contribution < -0.4 is 9.80 Å². The van der Waals surface area contributed by atoms with Crippen LogP contribution in [0.5, 0.6) is 0 Å². The summed E-state index contributed by atoms with van der Waals surface area (Å²) >= 11 is 0. The van der Waals surface area contributed by atoms with Crippen LogP contribution in [0.25, 0.3) is 0 Å². The molecule has 1 aliphatic rings. The van der Waals surface area contributed by atoms with E-state index in [0.717, 1.165) is 49.3 Å². The predicted octanol–water partition coefficient (Wildman–Crippen LogP) is 2.20. The second-order valence-electron chi connectivity index (χ2n) is 6.98. The highest BCUT2D eigenvalue weighted by atomic mass is 15.3. The van der Waals surface area contributed by atoms with Gasteiger partial charge in [-0.2, -0.15) is 0 Å². The molecule has 0 atom stereocenters. The van der Waals surface area contributed by atoms with E-state index in [-0.39, 0.29) is 5.41 Å². The standard InChI is InChI=1S/C17H24N6/c1-13-5-6-18-16(21-13)23-9-7-22(8-10-23)15-11-14(17(2,3)4)19-12-20-15/h5-6,11-12H,7-10H2,1-4H3. The molecule has 0 spiro atoms. The van der Waals surface area contributed by atoms with Gasteiger partial charge >= 0.3 is 0 Å². The smallest absolute Gasteiger partial charge is 0.225 e. The summed E-state index contributed by atoms with van der Waals surface area (Å²) in [5.41, 5.74) is 2.12. The summed E-state index contributed by atoms with van der Waals surface area (Å²) in [4.78, 5) is 22.3. The number of piperazine rings is 1. The number of hydrogen-bond donors (Lipinski definition) is 0. The van der Waals surface area contributed by atoms with E-state index in [2.05, 4.69) is 56.6 Å². The van der Waals surface area contributed by atoms with Crippen LogP contribution in [-0.2, 0) is 5.41 Å². The molecule has 0 amide bonds. The van der Waals surface area contributed by atoms with Gasteiger partial charge in [-0.1, -0.05) is 20.8 Å². The van der Waals surface area contributed by atoms with Crippen molar-refractivity contribution in [2.75, 3.05) is 36.0 Å². The summed E-state index contributed by atoms with van der Waals surface area (Å²) in [5.74, 6) is 1.83. The van der Waals surface area contributed by atoms with Crippen molar-refractivity contribution in [2.45, 2.75) is 33.1 Å². The molecule has 3 heterocycles. The first-order valence-electron chi connectivity index (χ1n) is 8.05. The summed E-state index contributed by atoms with van der Waals surface area (Å²) in [6, 6.07) is 4.04. The van der Waals surface area contributed by atoms with E-state index in [4.69, 9.17) is 0 Å². The largest absolute Gasteiger partial charge is 0.353 e. The van der Waals surface area contributed by atoms with Gasteiger partial charge in [-0.05, 0) is 13.0 Å². The van der Waals surface area contributed by atoms with Gasteiger partial charge in [0.05, 0.1) is 5.69 Å². The average molecular weight is 312 g/mol. The highest BCUT2D eigenvalue weighted by molar-refractivity contribution is 5.43. The van der Waals surface area contributed by atoms with Crippen molar-refractivity contribution in [3.05, 3.63) is 36.0 Å². The lowest BCUT2D eigenvalue weighted by Gasteiger charge is -2.35. The Morgan fingerprint density at radius 1 is 0.957 bits per heavy atom. The fraction of sp³-hybridized carbons (Fsp3) is 0.529. The van der Waals surface area contributed by atoms with E-state index in [0.29, 0.717) is 0 Å². The molecule has 1 aliphatic heterocycles. The number of anilines is 2. The SMILES string of the molecule is Cc1ccnc(N2CCN(c3cc(C(C)(C)C)ncn3)CC2)n1. The molecular formula is C17H24N6. The number of aryl methyl sites for hydroxylation is 1. The zero-order valence-corrected chi connectivity index (χ0v) is 14.3. The lowest BCUT2D eigenvalue weighted by Crippen LogP contribution is -2.47. The minimum atomic E-state index is 0.0366. The number of nitrogens with zero attached hydrogens (tertiary/aromatic N) is 6. The minimum Gasteiger partial charge on any atom is -0.353 e. The molecule has 2 aromatic rings. The molecule has 0 radical (unpaired) electrons. The van der Waals surface area contributed by atoms with Crippen LogP contribution in [0.4, 0.5) is 11.8 Å². The summed E-state index contributed by atoms with van der Waals surface area (Å²) < 4.78 is 0. The van der Waals surface area contributed by atoms with E-state index in [9.17, 15) is 0 Å². The van der Waals surface area contributed by atoms with Crippen molar-refractivity contribution in [1.29, 1.82) is 0 Å². The molecule has 2 aromatic heterocycles. The van der Waals surface area contributed by atoms with Gasteiger partial charge in [0.1, 0.15) is 12.1 Å². The van der Waals surface area contributed by atoms with Crippen LogP contribution >= 0.6 is 0 Å². The molecule has 0 aliphatic carbocycles. The molecule has 6 heteroatoms. The maximum absolute atomic E-state index is 4.51. The van der Waals surface area contributed by atoms with Gasteiger partial charge in [0, 0.05) is 49.6 Å². The Morgan fingerprint density at radius 2 is 1.65 bits per heavy atom. The zero-order chi connectivity index (χ0) is 16.4. The van der Waals surface area contributed by atoms with Crippen LogP contribution in [-0.4, -0.2) is 46.1 Å². The molecular weight excluding hydrogens is 288 g/mol. The zero-order valence-electron chi connectivity index (χ0n) is 14.3. The van der Waals surface area contributed by atoms with Crippen molar-refractivity contribution < 1.29 is 0 Å². The Labute approximate surface area is 137 Å². The van der Waals surface area contributed by atoms with Gasteiger partial charge in [0.15, 0.2) is 0 Å². The molecule has 0 unspecified atom stereocenters. The Kier molecular flexibility index (Phi) is 4.15. The molecule has 0 N–H and O–H groups in total. The van der Waals surface area contributed by atoms with Crippen molar-refractivity contribution >= 4 is 11.8 Å². The maximum Gasteiger partial charge on any atom is 0.225 e. The van der Waals surface area contributed by atoms with E-state index in [1.807, 2.05) is 19.2 Å². The lowest BCUT2D eigenvalue weighted by atomic mass is 9.92. The quantitative estimate of drug-likeness (QED) is 0.847. The van der Waals surface area contributed by atoms with Crippen LogP contribution in [0.1, 0.15) is 32.2 Å². The fourth-order valence-electron chi connectivity index (χ4n) is 2.65. The van der Waals surface area contributed by atoms with Gasteiger partial charge in [-0.25, -0.2) is 19.9 Å². The van der Waals surface area contributed by atoms with E-state index >= 15 is 0 Å². The second kappa shape index (κ2) is 6.10.